The first-order valence-electron chi connectivity index (χ1n) is 11.7. The normalized spacial score (nSPS) is 21.5. The molecule has 4 aromatic heterocycles. The van der Waals surface area contributed by atoms with Crippen molar-refractivity contribution in [2.45, 2.75) is 26.4 Å². The first kappa shape index (κ1) is 20.8. The molecule has 3 atom stereocenters. The van der Waals surface area contributed by atoms with E-state index in [1.165, 1.54) is 0 Å². The zero-order valence-corrected chi connectivity index (χ0v) is 19.5. The maximum Gasteiger partial charge on any atom is 0.128 e. The van der Waals surface area contributed by atoms with Gasteiger partial charge in [-0.05, 0) is 55.9 Å². The second-order valence-corrected chi connectivity index (χ2v) is 10.1. The van der Waals surface area contributed by atoms with E-state index >= 15 is 0 Å². The maximum atomic E-state index is 10.3. The van der Waals surface area contributed by atoms with Gasteiger partial charge in [0.1, 0.15) is 11.9 Å². The number of rotatable bonds is 4. The summed E-state index contributed by atoms with van der Waals surface area (Å²) in [5, 5.41) is 24.3. The number of aliphatic hydroxyl groups is 1. The van der Waals surface area contributed by atoms with E-state index in [1.54, 1.807) is 30.8 Å². The number of anilines is 1. The Morgan fingerprint density at radius 2 is 1.82 bits per heavy atom. The van der Waals surface area contributed by atoms with Crippen molar-refractivity contribution in [3.05, 3.63) is 66.2 Å². The molecule has 170 valence electrons. The van der Waals surface area contributed by atoms with Crippen molar-refractivity contribution >= 4 is 11.3 Å². The van der Waals surface area contributed by atoms with E-state index in [9.17, 15) is 10.4 Å². The standard InChI is InChI=1S/C27H26N6O/c1-16-22-14-32(15-23(16)22)25-7-4-17(10-30-25)21-8-18(13-33-26(21)19(9-28)11-31-33)24-6-5-20(12-29-24)27(2,3)34/h4-8,10-13,16,22-23,34H,14-15H2,1-3H3/t16-,22-,23+. The van der Waals surface area contributed by atoms with Crippen LogP contribution in [0.5, 0.6) is 0 Å². The molecule has 0 bridgehead atoms. The average Bonchev–Trinajstić information content (AvgIpc) is 3.21. The van der Waals surface area contributed by atoms with E-state index in [-0.39, 0.29) is 0 Å². The molecule has 0 aromatic carbocycles. The van der Waals surface area contributed by atoms with Crippen LogP contribution in [0.25, 0.3) is 27.9 Å². The van der Waals surface area contributed by atoms with Gasteiger partial charge in [-0.15, -0.1) is 0 Å². The Hall–Kier alpha value is -3.76. The molecule has 0 amide bonds. The summed E-state index contributed by atoms with van der Waals surface area (Å²) in [4.78, 5) is 11.7. The summed E-state index contributed by atoms with van der Waals surface area (Å²) in [5.74, 6) is 3.49. The first-order chi connectivity index (χ1) is 16.3. The van der Waals surface area contributed by atoms with Gasteiger partial charge in [-0.2, -0.15) is 10.4 Å². The summed E-state index contributed by atoms with van der Waals surface area (Å²) in [6.07, 6.45) is 7.06. The third kappa shape index (κ3) is 3.34. The highest BCUT2D eigenvalue weighted by Gasteiger charge is 2.52. The van der Waals surface area contributed by atoms with Crippen molar-refractivity contribution in [2.24, 2.45) is 17.8 Å². The first-order valence-corrected chi connectivity index (χ1v) is 11.7. The molecule has 2 aliphatic rings. The molecular formula is C27H26N6O. The molecule has 1 N–H and O–H groups in total. The van der Waals surface area contributed by atoms with Gasteiger partial charge in [0.05, 0.1) is 28.6 Å². The lowest BCUT2D eigenvalue weighted by Gasteiger charge is -2.20. The minimum absolute atomic E-state index is 0.518. The smallest absolute Gasteiger partial charge is 0.128 e. The summed E-state index contributed by atoms with van der Waals surface area (Å²) in [6.45, 7) is 8.00. The summed E-state index contributed by atoms with van der Waals surface area (Å²) in [7, 11) is 0. The van der Waals surface area contributed by atoms with Crippen LogP contribution in [0.3, 0.4) is 0 Å². The molecule has 4 aromatic rings. The molecule has 0 unspecified atom stereocenters. The molecule has 34 heavy (non-hydrogen) atoms. The van der Waals surface area contributed by atoms with Gasteiger partial charge in [-0.3, -0.25) is 4.98 Å². The zero-order valence-electron chi connectivity index (χ0n) is 19.5. The number of piperidine rings is 1. The predicted molar refractivity (Wildman–Crippen MR) is 130 cm³/mol. The molecular weight excluding hydrogens is 424 g/mol. The molecule has 7 nitrogen and oxygen atoms in total. The molecule has 7 heteroatoms. The van der Waals surface area contributed by atoms with Crippen molar-refractivity contribution in [2.75, 3.05) is 18.0 Å². The number of hydrogen-bond donors (Lipinski definition) is 1. The zero-order chi connectivity index (χ0) is 23.6. The molecule has 6 rings (SSSR count). The molecule has 1 saturated heterocycles. The van der Waals surface area contributed by atoms with Crippen LogP contribution in [0.15, 0.2) is 55.1 Å². The predicted octanol–water partition coefficient (Wildman–Crippen LogP) is 4.26. The van der Waals surface area contributed by atoms with Crippen molar-refractivity contribution < 1.29 is 5.11 Å². The summed E-state index contributed by atoms with van der Waals surface area (Å²) in [5.41, 5.74) is 4.52. The quantitative estimate of drug-likeness (QED) is 0.500. The van der Waals surface area contributed by atoms with Gasteiger partial charge >= 0.3 is 0 Å². The van der Waals surface area contributed by atoms with Crippen molar-refractivity contribution in [1.82, 2.24) is 19.6 Å². The fraction of sp³-hybridized carbons (Fsp3) is 0.333. The van der Waals surface area contributed by atoms with Crippen molar-refractivity contribution in [3.8, 4) is 28.5 Å². The third-order valence-electron chi connectivity index (χ3n) is 7.50. The number of nitriles is 1. The Balaban J connectivity index is 1.40. The van der Waals surface area contributed by atoms with E-state index < -0.39 is 5.60 Å². The Labute approximate surface area is 198 Å². The fourth-order valence-electron chi connectivity index (χ4n) is 5.23. The molecule has 1 aliphatic carbocycles. The number of aromatic nitrogens is 4. The lowest BCUT2D eigenvalue weighted by molar-refractivity contribution is 0.0782. The SMILES string of the molecule is C[C@@H]1[C@H]2CN(c3ccc(-c4cc(-c5ccc(C(C)(C)O)cn5)cn5ncc(C#N)c45)cn3)C[C@@H]12. The van der Waals surface area contributed by atoms with E-state index in [0.717, 1.165) is 70.1 Å². The lowest BCUT2D eigenvalue weighted by atomic mass is 9.99. The fourth-order valence-corrected chi connectivity index (χ4v) is 5.23. The van der Waals surface area contributed by atoms with Crippen LogP contribution < -0.4 is 4.90 Å². The Kier molecular flexibility index (Phi) is 4.51. The Morgan fingerprint density at radius 1 is 1.03 bits per heavy atom. The number of nitrogens with zero attached hydrogens (tertiary/aromatic N) is 6. The van der Waals surface area contributed by atoms with Crippen LogP contribution in [0.1, 0.15) is 31.9 Å². The average molecular weight is 451 g/mol. The van der Waals surface area contributed by atoms with E-state index in [2.05, 4.69) is 40.1 Å². The third-order valence-corrected chi connectivity index (χ3v) is 7.50. The van der Waals surface area contributed by atoms with Crippen LogP contribution in [0, 0.1) is 29.1 Å². The van der Waals surface area contributed by atoms with Crippen LogP contribution in [-0.2, 0) is 5.60 Å². The minimum Gasteiger partial charge on any atom is -0.386 e. The summed E-state index contributed by atoms with van der Waals surface area (Å²) in [6, 6.07) is 12.2. The molecule has 0 radical (unpaired) electrons. The largest absolute Gasteiger partial charge is 0.386 e. The summed E-state index contributed by atoms with van der Waals surface area (Å²) < 4.78 is 1.73. The van der Waals surface area contributed by atoms with Gasteiger partial charge in [0, 0.05) is 53.9 Å². The number of fused-ring (bicyclic) bond motifs is 2. The van der Waals surface area contributed by atoms with Crippen molar-refractivity contribution in [1.29, 1.82) is 5.26 Å². The topological polar surface area (TPSA) is 90.3 Å². The molecule has 1 saturated carbocycles. The van der Waals surface area contributed by atoms with E-state index in [1.807, 2.05) is 30.6 Å². The van der Waals surface area contributed by atoms with Crippen LogP contribution in [-0.4, -0.2) is 37.8 Å². The monoisotopic (exact) mass is 450 g/mol. The minimum atomic E-state index is -0.953. The molecule has 1 aliphatic heterocycles. The second kappa shape index (κ2) is 7.37. The Morgan fingerprint density at radius 3 is 2.44 bits per heavy atom. The number of hydrogen-bond acceptors (Lipinski definition) is 6. The van der Waals surface area contributed by atoms with E-state index in [0.29, 0.717) is 5.56 Å². The van der Waals surface area contributed by atoms with Crippen LogP contribution in [0.2, 0.25) is 0 Å². The highest BCUT2D eigenvalue weighted by atomic mass is 16.3. The number of pyridine rings is 3. The van der Waals surface area contributed by atoms with Gasteiger partial charge < -0.3 is 10.0 Å². The van der Waals surface area contributed by atoms with Gasteiger partial charge in [0.25, 0.3) is 0 Å². The van der Waals surface area contributed by atoms with Gasteiger partial charge in [0.15, 0.2) is 0 Å². The second-order valence-electron chi connectivity index (χ2n) is 10.1. The Bertz CT molecular complexity index is 1410. The molecule has 5 heterocycles. The highest BCUT2D eigenvalue weighted by Crippen LogP contribution is 2.51. The van der Waals surface area contributed by atoms with E-state index in [4.69, 9.17) is 4.98 Å². The lowest BCUT2D eigenvalue weighted by Crippen LogP contribution is -2.24. The van der Waals surface area contributed by atoms with Gasteiger partial charge in [0.2, 0.25) is 0 Å². The molecule has 0 spiro atoms. The highest BCUT2D eigenvalue weighted by molar-refractivity contribution is 5.87. The van der Waals surface area contributed by atoms with Crippen LogP contribution in [0.4, 0.5) is 5.82 Å². The van der Waals surface area contributed by atoms with Crippen LogP contribution >= 0.6 is 0 Å². The van der Waals surface area contributed by atoms with Gasteiger partial charge in [-0.25, -0.2) is 9.50 Å². The summed E-state index contributed by atoms with van der Waals surface area (Å²) >= 11 is 0. The van der Waals surface area contributed by atoms with Gasteiger partial charge in [-0.1, -0.05) is 13.0 Å². The van der Waals surface area contributed by atoms with Crippen molar-refractivity contribution in [3.63, 3.8) is 0 Å². The maximum absolute atomic E-state index is 10.3. The molecule has 2 fully saturated rings.